The summed E-state index contributed by atoms with van der Waals surface area (Å²) in [5, 5.41) is 2.91. The maximum Gasteiger partial charge on any atom is 0.240 e. The van der Waals surface area contributed by atoms with Crippen LogP contribution in [0.5, 0.6) is 0 Å². The molecule has 0 aromatic heterocycles. The summed E-state index contributed by atoms with van der Waals surface area (Å²) in [4.78, 5) is 12.1. The van der Waals surface area contributed by atoms with Crippen molar-refractivity contribution < 1.29 is 13.2 Å². The SMILES string of the molecule is CC(C)CCNC(=O)CCc1ccc(S(=O)(=O)NCCc2ccccc2)cc1. The lowest BCUT2D eigenvalue weighted by atomic mass is 10.1. The molecule has 28 heavy (non-hydrogen) atoms. The highest BCUT2D eigenvalue weighted by atomic mass is 32.2. The number of carbonyl (C=O) groups is 1. The first-order valence-electron chi connectivity index (χ1n) is 9.76. The van der Waals surface area contributed by atoms with Gasteiger partial charge in [0.15, 0.2) is 0 Å². The van der Waals surface area contributed by atoms with E-state index in [-0.39, 0.29) is 10.8 Å². The molecule has 0 aliphatic heterocycles. The van der Waals surface area contributed by atoms with Crippen molar-refractivity contribution in [2.24, 2.45) is 5.92 Å². The molecule has 152 valence electrons. The molecule has 1 amide bonds. The monoisotopic (exact) mass is 402 g/mol. The Morgan fingerprint density at radius 3 is 2.18 bits per heavy atom. The summed E-state index contributed by atoms with van der Waals surface area (Å²) in [7, 11) is -3.53. The van der Waals surface area contributed by atoms with Crippen LogP contribution < -0.4 is 10.0 Å². The third-order valence-corrected chi connectivity index (χ3v) is 5.94. The van der Waals surface area contributed by atoms with Crippen LogP contribution in [0, 0.1) is 5.92 Å². The van der Waals surface area contributed by atoms with Gasteiger partial charge in [0, 0.05) is 19.5 Å². The van der Waals surface area contributed by atoms with Crippen LogP contribution in [0.3, 0.4) is 0 Å². The lowest BCUT2D eigenvalue weighted by molar-refractivity contribution is -0.121. The van der Waals surface area contributed by atoms with Crippen LogP contribution in [0.4, 0.5) is 0 Å². The summed E-state index contributed by atoms with van der Waals surface area (Å²) in [6.45, 7) is 5.30. The smallest absolute Gasteiger partial charge is 0.240 e. The molecule has 2 N–H and O–H groups in total. The van der Waals surface area contributed by atoms with E-state index in [4.69, 9.17) is 0 Å². The number of amides is 1. The van der Waals surface area contributed by atoms with Crippen molar-refractivity contribution >= 4 is 15.9 Å². The summed E-state index contributed by atoms with van der Waals surface area (Å²) in [5.74, 6) is 0.594. The number of sulfonamides is 1. The number of aryl methyl sites for hydroxylation is 1. The van der Waals surface area contributed by atoms with Gasteiger partial charge in [0.05, 0.1) is 4.90 Å². The highest BCUT2D eigenvalue weighted by Crippen LogP contribution is 2.12. The standard InChI is InChI=1S/C22H30N2O3S/c1-18(2)14-16-23-22(25)13-10-20-8-11-21(12-9-20)28(26,27)24-17-15-19-6-4-3-5-7-19/h3-9,11-12,18,24H,10,13-17H2,1-2H3,(H,23,25). The molecule has 0 saturated heterocycles. The zero-order chi connectivity index (χ0) is 20.4. The van der Waals surface area contributed by atoms with Crippen LogP contribution in [-0.2, 0) is 27.7 Å². The first-order valence-corrected chi connectivity index (χ1v) is 11.2. The van der Waals surface area contributed by atoms with Gasteiger partial charge in [0.2, 0.25) is 15.9 Å². The summed E-state index contributed by atoms with van der Waals surface area (Å²) < 4.78 is 27.4. The van der Waals surface area contributed by atoms with Gasteiger partial charge in [-0.25, -0.2) is 13.1 Å². The molecule has 2 aromatic rings. The molecule has 2 aromatic carbocycles. The average Bonchev–Trinajstić information content (AvgIpc) is 2.67. The Morgan fingerprint density at radius 2 is 1.54 bits per heavy atom. The fourth-order valence-electron chi connectivity index (χ4n) is 2.74. The molecule has 0 saturated carbocycles. The van der Waals surface area contributed by atoms with Gasteiger partial charge in [-0.05, 0) is 48.4 Å². The fourth-order valence-corrected chi connectivity index (χ4v) is 3.77. The van der Waals surface area contributed by atoms with E-state index >= 15 is 0 Å². The molecule has 0 heterocycles. The number of nitrogens with one attached hydrogen (secondary N) is 2. The molecule has 0 aliphatic rings. The minimum Gasteiger partial charge on any atom is -0.356 e. The van der Waals surface area contributed by atoms with E-state index in [0.717, 1.165) is 17.5 Å². The molecular formula is C22H30N2O3S. The van der Waals surface area contributed by atoms with Crippen molar-refractivity contribution in [2.75, 3.05) is 13.1 Å². The second kappa shape index (κ2) is 11.0. The van der Waals surface area contributed by atoms with Crippen LogP contribution in [0.2, 0.25) is 0 Å². The van der Waals surface area contributed by atoms with Gasteiger partial charge in [0.25, 0.3) is 0 Å². The van der Waals surface area contributed by atoms with Crippen molar-refractivity contribution in [3.05, 3.63) is 65.7 Å². The van der Waals surface area contributed by atoms with Crippen LogP contribution in [-0.4, -0.2) is 27.4 Å². The Hall–Kier alpha value is -2.18. The molecule has 0 aliphatic carbocycles. The summed E-state index contributed by atoms with van der Waals surface area (Å²) >= 11 is 0. The normalized spacial score (nSPS) is 11.5. The first-order chi connectivity index (χ1) is 13.4. The van der Waals surface area contributed by atoms with E-state index in [1.165, 1.54) is 0 Å². The van der Waals surface area contributed by atoms with Gasteiger partial charge in [-0.3, -0.25) is 4.79 Å². The Bertz CT molecular complexity index is 832. The topological polar surface area (TPSA) is 75.3 Å². The summed E-state index contributed by atoms with van der Waals surface area (Å²) in [5.41, 5.74) is 2.04. The van der Waals surface area contributed by atoms with Gasteiger partial charge in [-0.15, -0.1) is 0 Å². The Balaban J connectivity index is 1.79. The molecule has 2 rings (SSSR count). The average molecular weight is 403 g/mol. The van der Waals surface area contributed by atoms with Crippen LogP contribution >= 0.6 is 0 Å². The van der Waals surface area contributed by atoms with E-state index < -0.39 is 10.0 Å². The van der Waals surface area contributed by atoms with Crippen LogP contribution in [0.15, 0.2) is 59.5 Å². The lowest BCUT2D eigenvalue weighted by Crippen LogP contribution is -2.26. The molecule has 0 atom stereocenters. The minimum atomic E-state index is -3.53. The number of rotatable bonds is 11. The maximum absolute atomic E-state index is 12.4. The van der Waals surface area contributed by atoms with E-state index in [1.807, 2.05) is 30.3 Å². The second-order valence-electron chi connectivity index (χ2n) is 7.31. The third-order valence-electron chi connectivity index (χ3n) is 4.47. The predicted molar refractivity (Wildman–Crippen MR) is 113 cm³/mol. The Kier molecular flexibility index (Phi) is 8.67. The molecule has 6 heteroatoms. The van der Waals surface area contributed by atoms with Crippen LogP contribution in [0.1, 0.15) is 37.8 Å². The quantitative estimate of drug-likeness (QED) is 0.605. The Labute approximate surface area is 168 Å². The van der Waals surface area contributed by atoms with Gasteiger partial charge in [-0.2, -0.15) is 0 Å². The number of carbonyl (C=O) groups excluding carboxylic acids is 1. The molecule has 0 radical (unpaired) electrons. The summed E-state index contributed by atoms with van der Waals surface area (Å²) in [6.07, 6.45) is 2.61. The van der Waals surface area contributed by atoms with Gasteiger partial charge < -0.3 is 5.32 Å². The van der Waals surface area contributed by atoms with E-state index in [9.17, 15) is 13.2 Å². The molecular weight excluding hydrogens is 372 g/mol. The van der Waals surface area contributed by atoms with Crippen LogP contribution in [0.25, 0.3) is 0 Å². The number of benzene rings is 2. The van der Waals surface area contributed by atoms with Crippen molar-refractivity contribution in [3.63, 3.8) is 0 Å². The largest absolute Gasteiger partial charge is 0.356 e. The Morgan fingerprint density at radius 1 is 0.893 bits per heavy atom. The number of hydrogen-bond donors (Lipinski definition) is 2. The zero-order valence-electron chi connectivity index (χ0n) is 16.6. The maximum atomic E-state index is 12.4. The second-order valence-corrected chi connectivity index (χ2v) is 9.08. The van der Waals surface area contributed by atoms with Crippen molar-refractivity contribution in [1.82, 2.24) is 10.0 Å². The molecule has 0 spiro atoms. The van der Waals surface area contributed by atoms with Gasteiger partial charge >= 0.3 is 0 Å². The molecule has 0 fully saturated rings. The zero-order valence-corrected chi connectivity index (χ0v) is 17.5. The van der Waals surface area contributed by atoms with Crippen molar-refractivity contribution in [1.29, 1.82) is 0 Å². The highest BCUT2D eigenvalue weighted by Gasteiger charge is 2.13. The van der Waals surface area contributed by atoms with E-state index in [0.29, 0.717) is 38.3 Å². The lowest BCUT2D eigenvalue weighted by Gasteiger charge is -2.09. The van der Waals surface area contributed by atoms with E-state index in [1.54, 1.807) is 24.3 Å². The fraction of sp³-hybridized carbons (Fsp3) is 0.409. The molecule has 0 unspecified atom stereocenters. The van der Waals surface area contributed by atoms with Gasteiger partial charge in [-0.1, -0.05) is 56.3 Å². The first kappa shape index (κ1) is 22.1. The number of hydrogen-bond acceptors (Lipinski definition) is 3. The van der Waals surface area contributed by atoms with Crippen molar-refractivity contribution in [3.8, 4) is 0 Å². The van der Waals surface area contributed by atoms with Gasteiger partial charge in [0.1, 0.15) is 0 Å². The molecule has 5 nitrogen and oxygen atoms in total. The third kappa shape index (κ3) is 7.82. The minimum absolute atomic E-state index is 0.0277. The summed E-state index contributed by atoms with van der Waals surface area (Å²) in [6, 6.07) is 16.5. The molecule has 0 bridgehead atoms. The predicted octanol–water partition coefficient (Wildman–Crippen LogP) is 3.30. The highest BCUT2D eigenvalue weighted by molar-refractivity contribution is 7.89. The van der Waals surface area contributed by atoms with E-state index in [2.05, 4.69) is 23.9 Å². The van der Waals surface area contributed by atoms with Crippen molar-refractivity contribution in [2.45, 2.75) is 44.4 Å².